The predicted molar refractivity (Wildman–Crippen MR) is 129 cm³/mol. The molecule has 0 atom stereocenters. The molecule has 0 aliphatic carbocycles. The Kier molecular flexibility index (Phi) is 4.72. The molecule has 0 spiro atoms. The fraction of sp³-hybridized carbons (Fsp3) is 0.240. The molecule has 5 heterocycles. The summed E-state index contributed by atoms with van der Waals surface area (Å²) in [5, 5.41) is 5.39. The van der Waals surface area contributed by atoms with E-state index in [2.05, 4.69) is 23.9 Å². The van der Waals surface area contributed by atoms with E-state index >= 15 is 0 Å². The van der Waals surface area contributed by atoms with Crippen molar-refractivity contribution < 1.29 is 9.53 Å². The smallest absolute Gasteiger partial charge is 0.352 e. The second-order valence-electron chi connectivity index (χ2n) is 8.98. The van der Waals surface area contributed by atoms with Gasteiger partial charge in [0.2, 0.25) is 0 Å². The molecule has 0 fully saturated rings. The molecule has 5 aromatic rings. The highest BCUT2D eigenvalue weighted by atomic mass is 32.1. The van der Waals surface area contributed by atoms with Gasteiger partial charge in [-0.3, -0.25) is 14.3 Å². The van der Waals surface area contributed by atoms with Crippen molar-refractivity contribution in [1.29, 1.82) is 0 Å². The number of rotatable bonds is 4. The Bertz CT molecular complexity index is 1620. The second-order valence-corrected chi connectivity index (χ2v) is 10.1. The molecule has 9 heteroatoms. The third-order valence-electron chi connectivity index (χ3n) is 6.07. The zero-order chi connectivity index (χ0) is 23.4. The molecule has 34 heavy (non-hydrogen) atoms. The summed E-state index contributed by atoms with van der Waals surface area (Å²) in [7, 11) is 0. The number of hydrogen-bond donors (Lipinski definition) is 0. The zero-order valence-electron chi connectivity index (χ0n) is 18.7. The van der Waals surface area contributed by atoms with E-state index in [1.807, 2.05) is 24.3 Å². The molecule has 1 aliphatic heterocycles. The lowest BCUT2D eigenvalue weighted by Crippen LogP contribution is -2.32. The Morgan fingerprint density at radius 1 is 1.18 bits per heavy atom. The minimum absolute atomic E-state index is 0.0823. The lowest BCUT2D eigenvalue weighted by atomic mass is 9.94. The molecular formula is C25H21N5O3S. The Hall–Kier alpha value is -3.69. The first-order valence-electron chi connectivity index (χ1n) is 11.0. The number of pyridine rings is 1. The van der Waals surface area contributed by atoms with Crippen LogP contribution in [0.15, 0.2) is 59.7 Å². The number of ketones is 1. The van der Waals surface area contributed by atoms with Crippen LogP contribution < -0.4 is 5.69 Å². The summed E-state index contributed by atoms with van der Waals surface area (Å²) in [5.41, 5.74) is 2.14. The fourth-order valence-corrected chi connectivity index (χ4v) is 5.60. The molecule has 0 saturated heterocycles. The summed E-state index contributed by atoms with van der Waals surface area (Å²) in [6.45, 7) is 4.48. The molecule has 0 N–H and O–H groups in total. The van der Waals surface area contributed by atoms with Gasteiger partial charge in [0.05, 0.1) is 24.1 Å². The normalized spacial score (nSPS) is 15.0. The molecule has 6 rings (SSSR count). The highest BCUT2D eigenvalue weighted by molar-refractivity contribution is 7.19. The van der Waals surface area contributed by atoms with Crippen LogP contribution in [0.5, 0.6) is 0 Å². The molecule has 170 valence electrons. The monoisotopic (exact) mass is 471 g/mol. The van der Waals surface area contributed by atoms with E-state index in [-0.39, 0.29) is 17.9 Å². The predicted octanol–water partition coefficient (Wildman–Crippen LogP) is 3.90. The van der Waals surface area contributed by atoms with Crippen LogP contribution in [0.3, 0.4) is 0 Å². The van der Waals surface area contributed by atoms with Crippen LogP contribution in [-0.4, -0.2) is 35.5 Å². The van der Waals surface area contributed by atoms with E-state index < -0.39 is 5.69 Å². The van der Waals surface area contributed by atoms with Crippen molar-refractivity contribution in [2.75, 3.05) is 0 Å². The van der Waals surface area contributed by atoms with Crippen LogP contribution in [-0.2, 0) is 24.3 Å². The molecule has 0 radical (unpaired) electrons. The van der Waals surface area contributed by atoms with Gasteiger partial charge in [-0.05, 0) is 31.5 Å². The SMILES string of the molecule is CC1(C)Cc2c(sc3c2c2nc(-c4cccnc4)nn2c(=O)n3CC(=O)c2ccccc2)CO1. The molecule has 1 aliphatic rings. The van der Waals surface area contributed by atoms with Crippen molar-refractivity contribution in [1.82, 2.24) is 24.1 Å². The number of Topliss-reactive ketones (excluding diaryl/α,β-unsaturated/α-hetero) is 1. The van der Waals surface area contributed by atoms with Crippen molar-refractivity contribution in [2.24, 2.45) is 0 Å². The number of fused-ring (bicyclic) bond motifs is 5. The van der Waals surface area contributed by atoms with Crippen LogP contribution in [0, 0.1) is 0 Å². The highest BCUT2D eigenvalue weighted by Crippen LogP contribution is 2.40. The highest BCUT2D eigenvalue weighted by Gasteiger charge is 2.32. The summed E-state index contributed by atoms with van der Waals surface area (Å²) >= 11 is 1.49. The van der Waals surface area contributed by atoms with Crippen LogP contribution in [0.25, 0.3) is 27.3 Å². The van der Waals surface area contributed by atoms with Gasteiger partial charge in [-0.2, -0.15) is 4.52 Å². The van der Waals surface area contributed by atoms with Crippen molar-refractivity contribution in [3.63, 3.8) is 0 Å². The quantitative estimate of drug-likeness (QED) is 0.369. The third-order valence-corrected chi connectivity index (χ3v) is 7.30. The summed E-state index contributed by atoms with van der Waals surface area (Å²) < 4.78 is 8.87. The van der Waals surface area contributed by atoms with Crippen LogP contribution in [0.1, 0.15) is 34.6 Å². The number of benzene rings is 1. The number of nitrogens with zero attached hydrogens (tertiary/aromatic N) is 5. The summed E-state index contributed by atoms with van der Waals surface area (Å²) in [4.78, 5) is 37.4. The van der Waals surface area contributed by atoms with E-state index in [4.69, 9.17) is 9.72 Å². The minimum atomic E-state index is -0.395. The van der Waals surface area contributed by atoms with E-state index in [0.717, 1.165) is 26.2 Å². The Balaban J connectivity index is 1.62. The third kappa shape index (κ3) is 3.36. The number of aromatic nitrogens is 5. The maximum absolute atomic E-state index is 13.6. The van der Waals surface area contributed by atoms with Gasteiger partial charge in [0.1, 0.15) is 4.83 Å². The van der Waals surface area contributed by atoms with Gasteiger partial charge in [0, 0.05) is 34.8 Å². The van der Waals surface area contributed by atoms with Gasteiger partial charge in [-0.1, -0.05) is 30.3 Å². The van der Waals surface area contributed by atoms with Crippen molar-refractivity contribution in [2.45, 2.75) is 39.0 Å². The average Bonchev–Trinajstić information content (AvgIpc) is 3.44. The van der Waals surface area contributed by atoms with Gasteiger partial charge >= 0.3 is 5.69 Å². The van der Waals surface area contributed by atoms with Crippen LogP contribution in [0.2, 0.25) is 0 Å². The lowest BCUT2D eigenvalue weighted by Gasteiger charge is -2.30. The van der Waals surface area contributed by atoms with Gasteiger partial charge in [0.25, 0.3) is 0 Å². The average molecular weight is 472 g/mol. The van der Waals surface area contributed by atoms with Gasteiger partial charge in [-0.15, -0.1) is 16.4 Å². The first-order valence-corrected chi connectivity index (χ1v) is 11.8. The van der Waals surface area contributed by atoms with E-state index in [9.17, 15) is 9.59 Å². The summed E-state index contributed by atoms with van der Waals surface area (Å²) in [6.07, 6.45) is 4.03. The fourth-order valence-electron chi connectivity index (χ4n) is 4.38. The maximum Gasteiger partial charge on any atom is 0.352 e. The molecule has 0 bridgehead atoms. The molecule has 8 nitrogen and oxygen atoms in total. The Morgan fingerprint density at radius 3 is 2.76 bits per heavy atom. The second kappa shape index (κ2) is 7.68. The van der Waals surface area contributed by atoms with Gasteiger partial charge < -0.3 is 4.74 Å². The Labute approximate surface area is 198 Å². The van der Waals surface area contributed by atoms with Crippen molar-refractivity contribution in [3.05, 3.63) is 81.3 Å². The maximum atomic E-state index is 13.6. The van der Waals surface area contributed by atoms with E-state index in [1.54, 1.807) is 30.6 Å². The van der Waals surface area contributed by atoms with Gasteiger partial charge in [0.15, 0.2) is 17.3 Å². The molecule has 1 aromatic carbocycles. The number of hydrogen-bond acceptors (Lipinski definition) is 7. The first-order chi connectivity index (χ1) is 16.4. The molecule has 0 unspecified atom stereocenters. The first kappa shape index (κ1) is 20.9. The number of ether oxygens (including phenoxy) is 1. The Morgan fingerprint density at radius 2 is 2.00 bits per heavy atom. The zero-order valence-corrected chi connectivity index (χ0v) is 19.5. The van der Waals surface area contributed by atoms with Crippen molar-refractivity contribution in [3.8, 4) is 11.4 Å². The summed E-state index contributed by atoms with van der Waals surface area (Å²) in [5.74, 6) is 0.281. The molecule has 0 amide bonds. The number of carbonyl (C=O) groups excluding carboxylic acids is 1. The van der Waals surface area contributed by atoms with Crippen molar-refractivity contribution >= 4 is 33.0 Å². The van der Waals surface area contributed by atoms with E-state index in [1.165, 1.54) is 20.4 Å². The minimum Gasteiger partial charge on any atom is -0.370 e. The summed E-state index contributed by atoms with van der Waals surface area (Å²) in [6, 6.07) is 12.7. The van der Waals surface area contributed by atoms with Crippen LogP contribution >= 0.6 is 11.3 Å². The number of thiophene rings is 1. The lowest BCUT2D eigenvalue weighted by molar-refractivity contribution is -0.0379. The van der Waals surface area contributed by atoms with Gasteiger partial charge in [-0.25, -0.2) is 9.78 Å². The standard InChI is InChI=1S/C25H21N5O3S/c1-25(2)11-17-19(14-33-25)34-23-20(17)22-27-21(16-9-6-10-26-12-16)28-30(22)24(32)29(23)13-18(31)15-7-4-3-5-8-15/h3-10,12H,11,13-14H2,1-2H3. The largest absolute Gasteiger partial charge is 0.370 e. The molecule has 0 saturated carbocycles. The molecule has 4 aromatic heterocycles. The van der Waals surface area contributed by atoms with E-state index in [0.29, 0.717) is 30.1 Å². The van der Waals surface area contributed by atoms with Crippen LogP contribution in [0.4, 0.5) is 0 Å². The topological polar surface area (TPSA) is 91.4 Å². The molecular weight excluding hydrogens is 450 g/mol. The number of carbonyl (C=O) groups is 1.